The summed E-state index contributed by atoms with van der Waals surface area (Å²) in [6.45, 7) is 4.83. The average molecular weight is 599 g/mol. The lowest BCUT2D eigenvalue weighted by Crippen LogP contribution is -2.56. The third kappa shape index (κ3) is 16.8. The molecule has 0 aliphatic heterocycles. The number of esters is 2. The predicted octanol–water partition coefficient (Wildman–Crippen LogP) is 6.35. The van der Waals surface area contributed by atoms with E-state index in [0.29, 0.717) is 18.4 Å². The topological polar surface area (TPSA) is 157 Å². The molecule has 1 rings (SSSR count). The maximum atomic E-state index is 12.5. The van der Waals surface area contributed by atoms with Crippen LogP contribution in [0.25, 0.3) is 0 Å². The second kappa shape index (κ2) is 21.5. The van der Waals surface area contributed by atoms with Gasteiger partial charge in [-0.2, -0.15) is 0 Å². The Kier molecular flexibility index (Phi) is 18.5. The molecule has 1 unspecified atom stereocenters. The van der Waals surface area contributed by atoms with Crippen LogP contribution in [-0.2, 0) is 30.2 Å². The van der Waals surface area contributed by atoms with Gasteiger partial charge in [0.25, 0.3) is 0 Å². The molecule has 0 bridgehead atoms. The number of carbonyl (C=O) groups is 3. The lowest BCUT2D eigenvalue weighted by molar-refractivity contribution is -0.170. The van der Waals surface area contributed by atoms with Crippen molar-refractivity contribution in [1.29, 1.82) is 0 Å². The van der Waals surface area contributed by atoms with E-state index in [4.69, 9.17) is 20.1 Å². The van der Waals surface area contributed by atoms with Gasteiger partial charge in [0.05, 0.1) is 0 Å². The number of ether oxygens (including phenoxy) is 3. The number of carbonyl (C=O) groups excluding carboxylic acids is 3. The normalized spacial score (nSPS) is 14.1. The van der Waals surface area contributed by atoms with Crippen LogP contribution in [0.5, 0.6) is 11.5 Å². The number of phenols is 2. The summed E-state index contributed by atoms with van der Waals surface area (Å²) in [7, 11) is 0. The molecule has 0 fully saturated rings. The molecular weight excluding hydrogens is 552 g/mol. The van der Waals surface area contributed by atoms with Gasteiger partial charge in [-0.05, 0) is 69.6 Å². The van der Waals surface area contributed by atoms with E-state index in [9.17, 15) is 24.6 Å². The Morgan fingerprint density at radius 3 is 1.98 bits per heavy atom. The van der Waals surface area contributed by atoms with Gasteiger partial charge in [0.2, 0.25) is 6.29 Å². The fourth-order valence-corrected chi connectivity index (χ4v) is 3.62. The SMILES string of the molecule is CC/C=C\C/C=C\C/C=C\C/C=C\C/C=C\CCCC(=O)OC(C)OC(=O)OC(=O)[C@](C)(Cc1ccc(O)c(O)c1)NN. The van der Waals surface area contributed by atoms with Crippen molar-refractivity contribution in [2.75, 3.05) is 0 Å². The number of hydrogen-bond acceptors (Lipinski definition) is 10. The zero-order valence-electron chi connectivity index (χ0n) is 25.4. The van der Waals surface area contributed by atoms with Gasteiger partial charge >= 0.3 is 18.1 Å². The fourth-order valence-electron chi connectivity index (χ4n) is 3.62. The molecule has 0 saturated heterocycles. The molecule has 0 spiro atoms. The number of rotatable bonds is 19. The maximum Gasteiger partial charge on any atom is 0.519 e. The van der Waals surface area contributed by atoms with E-state index in [1.54, 1.807) is 0 Å². The monoisotopic (exact) mass is 598 g/mol. The number of aromatic hydroxyl groups is 2. The highest BCUT2D eigenvalue weighted by Crippen LogP contribution is 2.27. The smallest absolute Gasteiger partial charge is 0.504 e. The average Bonchev–Trinajstić information content (AvgIpc) is 2.96. The highest BCUT2D eigenvalue weighted by molar-refractivity contribution is 5.88. The van der Waals surface area contributed by atoms with Gasteiger partial charge in [-0.25, -0.2) is 15.0 Å². The highest BCUT2D eigenvalue weighted by Gasteiger charge is 2.36. The van der Waals surface area contributed by atoms with Crippen molar-refractivity contribution in [3.05, 3.63) is 84.5 Å². The quantitative estimate of drug-likeness (QED) is 0.0207. The molecule has 0 aromatic heterocycles. The second-order valence-electron chi connectivity index (χ2n) is 9.89. The maximum absolute atomic E-state index is 12.5. The summed E-state index contributed by atoms with van der Waals surface area (Å²) in [6, 6.07) is 3.97. The summed E-state index contributed by atoms with van der Waals surface area (Å²) < 4.78 is 14.6. The summed E-state index contributed by atoms with van der Waals surface area (Å²) in [5.41, 5.74) is 1.16. The number of allylic oxidation sites excluding steroid dienone is 10. The standard InChI is InChI=1S/C33H46N2O8/c1-4-5-6-7-8-9-10-11-12-13-14-15-16-17-18-19-20-21-30(38)41-26(2)42-32(40)43-31(39)33(3,35-34)25-27-22-23-28(36)29(37)24-27/h5-6,8-9,11-12,14-15,17-18,22-24,26,35-37H,4,7,10,13,16,19-21,25,34H2,1-3H3/b6-5-,9-8-,12-11-,15-14-,18-17-/t26?,33-/m0/s1. The summed E-state index contributed by atoms with van der Waals surface area (Å²) in [6.07, 6.45) is 24.5. The van der Waals surface area contributed by atoms with E-state index in [-0.39, 0.29) is 24.3 Å². The number of hydrazine groups is 1. The number of nitrogens with two attached hydrogens (primary N) is 1. The molecule has 5 N–H and O–H groups in total. The van der Waals surface area contributed by atoms with Gasteiger partial charge in [-0.15, -0.1) is 0 Å². The largest absolute Gasteiger partial charge is 0.519 e. The van der Waals surface area contributed by atoms with Crippen LogP contribution in [-0.4, -0.2) is 40.1 Å². The van der Waals surface area contributed by atoms with Gasteiger partial charge in [0.1, 0.15) is 5.54 Å². The molecular formula is C33H46N2O8. The molecule has 10 nitrogen and oxygen atoms in total. The zero-order valence-corrected chi connectivity index (χ0v) is 25.4. The summed E-state index contributed by atoms with van der Waals surface area (Å²) in [5.74, 6) is 3.20. The highest BCUT2D eigenvalue weighted by atomic mass is 16.8. The van der Waals surface area contributed by atoms with Crippen LogP contribution in [0.1, 0.15) is 77.7 Å². The van der Waals surface area contributed by atoms with Crippen molar-refractivity contribution >= 4 is 18.1 Å². The Morgan fingerprint density at radius 1 is 0.884 bits per heavy atom. The van der Waals surface area contributed by atoms with Crippen LogP contribution in [0.4, 0.5) is 4.79 Å². The lowest BCUT2D eigenvalue weighted by Gasteiger charge is -2.26. The molecule has 0 aliphatic carbocycles. The minimum atomic E-state index is -1.56. The van der Waals surface area contributed by atoms with E-state index >= 15 is 0 Å². The van der Waals surface area contributed by atoms with Crippen molar-refractivity contribution in [2.24, 2.45) is 5.84 Å². The van der Waals surface area contributed by atoms with Crippen molar-refractivity contribution < 1.29 is 38.8 Å². The Labute approximate surface area is 254 Å². The number of unbranched alkanes of at least 4 members (excludes halogenated alkanes) is 1. The van der Waals surface area contributed by atoms with Crippen LogP contribution >= 0.6 is 0 Å². The Morgan fingerprint density at radius 2 is 1.44 bits per heavy atom. The summed E-state index contributed by atoms with van der Waals surface area (Å²) in [5, 5.41) is 19.1. The van der Waals surface area contributed by atoms with Gasteiger partial charge in [-0.3, -0.25) is 10.6 Å². The third-order valence-corrected chi connectivity index (χ3v) is 6.01. The first-order valence-electron chi connectivity index (χ1n) is 14.5. The number of hydrogen-bond donors (Lipinski definition) is 4. The molecule has 10 heteroatoms. The molecule has 1 aromatic carbocycles. The fraction of sp³-hybridized carbons (Fsp3) is 0.424. The van der Waals surface area contributed by atoms with Crippen LogP contribution in [0.15, 0.2) is 79.0 Å². The first kappa shape index (κ1) is 36.9. The van der Waals surface area contributed by atoms with E-state index in [1.807, 2.05) is 12.2 Å². The van der Waals surface area contributed by atoms with E-state index in [2.05, 4.69) is 61.0 Å². The molecule has 2 atom stereocenters. The van der Waals surface area contributed by atoms with Crippen LogP contribution in [0.2, 0.25) is 0 Å². The zero-order chi connectivity index (χ0) is 31.9. The molecule has 0 radical (unpaired) electrons. The lowest BCUT2D eigenvalue weighted by atomic mass is 9.93. The molecule has 43 heavy (non-hydrogen) atoms. The first-order valence-corrected chi connectivity index (χ1v) is 14.5. The van der Waals surface area contributed by atoms with Crippen molar-refractivity contribution in [2.45, 2.75) is 90.4 Å². The molecule has 0 saturated carbocycles. The minimum Gasteiger partial charge on any atom is -0.504 e. The minimum absolute atomic E-state index is 0.0775. The Bertz CT molecular complexity index is 1160. The van der Waals surface area contributed by atoms with E-state index < -0.39 is 29.9 Å². The molecule has 1 aromatic rings. The van der Waals surface area contributed by atoms with Crippen molar-refractivity contribution in [3.63, 3.8) is 0 Å². The van der Waals surface area contributed by atoms with Crippen LogP contribution in [0.3, 0.4) is 0 Å². The summed E-state index contributed by atoms with van der Waals surface area (Å²) in [4.78, 5) is 36.7. The second-order valence-corrected chi connectivity index (χ2v) is 9.89. The molecule has 236 valence electrons. The van der Waals surface area contributed by atoms with E-state index in [1.165, 1.54) is 32.0 Å². The van der Waals surface area contributed by atoms with Gasteiger partial charge in [-0.1, -0.05) is 73.8 Å². The summed E-state index contributed by atoms with van der Waals surface area (Å²) >= 11 is 0. The van der Waals surface area contributed by atoms with Gasteiger partial charge in [0.15, 0.2) is 11.5 Å². The Hall–Kier alpha value is -4.15. The molecule has 0 amide bonds. The van der Waals surface area contributed by atoms with Crippen molar-refractivity contribution in [3.8, 4) is 11.5 Å². The molecule has 0 aliphatic rings. The van der Waals surface area contributed by atoms with Gasteiger partial charge < -0.3 is 24.4 Å². The third-order valence-electron chi connectivity index (χ3n) is 6.01. The number of benzene rings is 1. The van der Waals surface area contributed by atoms with Gasteiger partial charge in [0, 0.05) is 19.8 Å². The number of phenolic OH excluding ortho intramolecular Hbond substituents is 2. The van der Waals surface area contributed by atoms with Crippen molar-refractivity contribution in [1.82, 2.24) is 5.43 Å². The van der Waals surface area contributed by atoms with Crippen LogP contribution < -0.4 is 11.3 Å². The number of nitrogens with one attached hydrogen (secondary N) is 1. The molecule has 0 heterocycles. The predicted molar refractivity (Wildman–Crippen MR) is 166 cm³/mol. The Balaban J connectivity index is 2.25. The van der Waals surface area contributed by atoms with E-state index in [0.717, 1.165) is 32.1 Å². The van der Waals surface area contributed by atoms with Crippen LogP contribution in [0, 0.1) is 0 Å². The first-order chi connectivity index (χ1) is 20.6.